The van der Waals surface area contributed by atoms with Crippen LogP contribution in [0.1, 0.15) is 30.2 Å². The number of nitrogens with one attached hydrogen (secondary N) is 1. The van der Waals surface area contributed by atoms with Crippen molar-refractivity contribution in [3.63, 3.8) is 0 Å². The number of fused-ring (bicyclic) bond motifs is 1. The van der Waals surface area contributed by atoms with E-state index in [1.165, 1.54) is 5.56 Å². The molecule has 0 amide bonds. The molecule has 0 bridgehead atoms. The zero-order valence-electron chi connectivity index (χ0n) is 11.5. The van der Waals surface area contributed by atoms with Gasteiger partial charge in [-0.05, 0) is 18.7 Å². The summed E-state index contributed by atoms with van der Waals surface area (Å²) in [5, 5.41) is 7.17. The fraction of sp³-hybridized carbons (Fsp3) is 0.429. The fourth-order valence-corrected chi connectivity index (χ4v) is 2.24. The van der Waals surface area contributed by atoms with Gasteiger partial charge in [-0.15, -0.1) is 0 Å². The number of hydrogen-bond donors (Lipinski definition) is 1. The SMILES string of the molecule is CCNC1COc2cc(OCc3noc(C)n3)ccc21. The average molecular weight is 275 g/mol. The molecule has 2 heterocycles. The number of likely N-dealkylation sites (N-methyl/N-ethyl adjacent to an activating group) is 1. The zero-order valence-corrected chi connectivity index (χ0v) is 11.5. The molecule has 1 aliphatic heterocycles. The third-order valence-corrected chi connectivity index (χ3v) is 3.15. The first kappa shape index (κ1) is 12.9. The quantitative estimate of drug-likeness (QED) is 0.900. The molecule has 0 aliphatic carbocycles. The molecule has 1 atom stereocenters. The van der Waals surface area contributed by atoms with Crippen molar-refractivity contribution in [1.29, 1.82) is 0 Å². The van der Waals surface area contributed by atoms with Gasteiger partial charge in [0, 0.05) is 18.6 Å². The van der Waals surface area contributed by atoms with E-state index in [1.54, 1.807) is 6.92 Å². The lowest BCUT2D eigenvalue weighted by molar-refractivity contribution is 0.282. The van der Waals surface area contributed by atoms with E-state index < -0.39 is 0 Å². The standard InChI is InChI=1S/C14H17N3O3/c1-3-15-12-7-19-13-6-10(4-5-11(12)13)18-8-14-16-9(2)20-17-14/h4-6,12,15H,3,7-8H2,1-2H3. The minimum absolute atomic E-state index is 0.268. The van der Waals surface area contributed by atoms with E-state index in [-0.39, 0.29) is 12.6 Å². The van der Waals surface area contributed by atoms with Gasteiger partial charge in [0.15, 0.2) is 6.61 Å². The second kappa shape index (κ2) is 5.50. The van der Waals surface area contributed by atoms with Crippen molar-refractivity contribution in [1.82, 2.24) is 15.5 Å². The summed E-state index contributed by atoms with van der Waals surface area (Å²) in [6, 6.07) is 6.14. The van der Waals surface area contributed by atoms with Gasteiger partial charge in [0.2, 0.25) is 11.7 Å². The van der Waals surface area contributed by atoms with Crippen molar-refractivity contribution < 1.29 is 14.0 Å². The monoisotopic (exact) mass is 275 g/mol. The van der Waals surface area contributed by atoms with Gasteiger partial charge in [-0.25, -0.2) is 0 Å². The summed E-state index contributed by atoms with van der Waals surface area (Å²) in [4.78, 5) is 4.09. The highest BCUT2D eigenvalue weighted by Crippen LogP contribution is 2.35. The summed E-state index contributed by atoms with van der Waals surface area (Å²) in [5.41, 5.74) is 1.18. The van der Waals surface area contributed by atoms with Crippen molar-refractivity contribution in [2.75, 3.05) is 13.2 Å². The minimum Gasteiger partial charge on any atom is -0.491 e. The Morgan fingerprint density at radius 3 is 3.10 bits per heavy atom. The Morgan fingerprint density at radius 1 is 1.45 bits per heavy atom. The van der Waals surface area contributed by atoms with Crippen LogP contribution >= 0.6 is 0 Å². The fourth-order valence-electron chi connectivity index (χ4n) is 2.24. The van der Waals surface area contributed by atoms with Gasteiger partial charge in [-0.2, -0.15) is 4.98 Å². The summed E-state index contributed by atoms with van der Waals surface area (Å²) in [6.45, 7) is 5.70. The van der Waals surface area contributed by atoms with Gasteiger partial charge in [0.05, 0.1) is 6.04 Å². The Kier molecular flexibility index (Phi) is 3.56. The average Bonchev–Trinajstić information content (AvgIpc) is 3.04. The lowest BCUT2D eigenvalue weighted by Gasteiger charge is -2.09. The van der Waals surface area contributed by atoms with E-state index >= 15 is 0 Å². The smallest absolute Gasteiger partial charge is 0.223 e. The first-order valence-corrected chi connectivity index (χ1v) is 6.68. The first-order chi connectivity index (χ1) is 9.76. The maximum absolute atomic E-state index is 5.67. The molecule has 1 unspecified atom stereocenters. The lowest BCUT2D eigenvalue weighted by Crippen LogP contribution is -2.21. The molecule has 6 nitrogen and oxygen atoms in total. The second-order valence-corrected chi connectivity index (χ2v) is 4.64. The number of ether oxygens (including phenoxy) is 2. The summed E-state index contributed by atoms with van der Waals surface area (Å²) in [6.07, 6.45) is 0. The Hall–Kier alpha value is -2.08. The van der Waals surface area contributed by atoms with Gasteiger partial charge in [-0.3, -0.25) is 0 Å². The van der Waals surface area contributed by atoms with Crippen LogP contribution in [0.4, 0.5) is 0 Å². The highest BCUT2D eigenvalue weighted by Gasteiger charge is 2.23. The van der Waals surface area contributed by atoms with Crippen molar-refractivity contribution in [3.05, 3.63) is 35.5 Å². The van der Waals surface area contributed by atoms with Crippen LogP contribution in [-0.4, -0.2) is 23.3 Å². The predicted octanol–water partition coefficient (Wildman–Crippen LogP) is 2.00. The maximum Gasteiger partial charge on any atom is 0.223 e. The number of rotatable bonds is 5. The third-order valence-electron chi connectivity index (χ3n) is 3.15. The highest BCUT2D eigenvalue weighted by molar-refractivity contribution is 5.45. The largest absolute Gasteiger partial charge is 0.491 e. The normalized spacial score (nSPS) is 16.8. The van der Waals surface area contributed by atoms with Crippen LogP contribution in [0, 0.1) is 6.92 Å². The van der Waals surface area contributed by atoms with E-state index in [2.05, 4.69) is 22.4 Å². The van der Waals surface area contributed by atoms with E-state index in [1.807, 2.05) is 18.2 Å². The van der Waals surface area contributed by atoms with Gasteiger partial charge in [0.25, 0.3) is 0 Å². The molecule has 0 saturated heterocycles. The Labute approximate surface area is 117 Å². The topological polar surface area (TPSA) is 69.4 Å². The Bertz CT molecular complexity index is 597. The number of aryl methyl sites for hydroxylation is 1. The zero-order chi connectivity index (χ0) is 13.9. The number of nitrogens with zero attached hydrogens (tertiary/aromatic N) is 2. The van der Waals surface area contributed by atoms with Gasteiger partial charge >= 0.3 is 0 Å². The van der Waals surface area contributed by atoms with Crippen LogP contribution in [0.25, 0.3) is 0 Å². The molecule has 1 N–H and O–H groups in total. The molecule has 6 heteroatoms. The Morgan fingerprint density at radius 2 is 2.35 bits per heavy atom. The van der Waals surface area contributed by atoms with Gasteiger partial charge < -0.3 is 19.3 Å². The van der Waals surface area contributed by atoms with E-state index in [9.17, 15) is 0 Å². The van der Waals surface area contributed by atoms with Crippen LogP contribution in [0.15, 0.2) is 22.7 Å². The van der Waals surface area contributed by atoms with Gasteiger partial charge in [-0.1, -0.05) is 12.1 Å². The van der Waals surface area contributed by atoms with Gasteiger partial charge in [0.1, 0.15) is 18.1 Å². The predicted molar refractivity (Wildman–Crippen MR) is 71.7 cm³/mol. The summed E-state index contributed by atoms with van der Waals surface area (Å²) in [7, 11) is 0. The molecule has 2 aromatic rings. The third kappa shape index (κ3) is 2.60. The van der Waals surface area contributed by atoms with Crippen LogP contribution in [0.5, 0.6) is 11.5 Å². The maximum atomic E-state index is 5.67. The molecule has 0 fully saturated rings. The highest BCUT2D eigenvalue weighted by atomic mass is 16.5. The molecule has 3 rings (SSSR count). The number of benzene rings is 1. The number of aromatic nitrogens is 2. The number of hydrogen-bond acceptors (Lipinski definition) is 6. The summed E-state index contributed by atoms with van der Waals surface area (Å²) < 4.78 is 16.2. The molecule has 106 valence electrons. The van der Waals surface area contributed by atoms with E-state index in [4.69, 9.17) is 14.0 Å². The van der Waals surface area contributed by atoms with Crippen molar-refractivity contribution >= 4 is 0 Å². The van der Waals surface area contributed by atoms with Crippen molar-refractivity contribution in [2.24, 2.45) is 0 Å². The summed E-state index contributed by atoms with van der Waals surface area (Å²) >= 11 is 0. The molecule has 0 saturated carbocycles. The molecule has 1 aromatic heterocycles. The van der Waals surface area contributed by atoms with E-state index in [0.29, 0.717) is 18.3 Å². The molecule has 1 aliphatic rings. The minimum atomic E-state index is 0.268. The lowest BCUT2D eigenvalue weighted by atomic mass is 10.1. The van der Waals surface area contributed by atoms with Crippen LogP contribution in [0.3, 0.4) is 0 Å². The molecule has 20 heavy (non-hydrogen) atoms. The molecule has 0 radical (unpaired) electrons. The molecule has 1 aromatic carbocycles. The molecular formula is C14H17N3O3. The first-order valence-electron chi connectivity index (χ1n) is 6.68. The summed E-state index contributed by atoms with van der Waals surface area (Å²) in [5.74, 6) is 2.69. The molecule has 0 spiro atoms. The van der Waals surface area contributed by atoms with Crippen LogP contribution in [0.2, 0.25) is 0 Å². The second-order valence-electron chi connectivity index (χ2n) is 4.64. The van der Waals surface area contributed by atoms with E-state index in [0.717, 1.165) is 18.0 Å². The Balaban J connectivity index is 1.67. The van der Waals surface area contributed by atoms with Crippen LogP contribution in [-0.2, 0) is 6.61 Å². The van der Waals surface area contributed by atoms with Crippen molar-refractivity contribution in [2.45, 2.75) is 26.5 Å². The van der Waals surface area contributed by atoms with Crippen molar-refractivity contribution in [3.8, 4) is 11.5 Å². The molecular weight excluding hydrogens is 258 g/mol. The van der Waals surface area contributed by atoms with Crippen LogP contribution < -0.4 is 14.8 Å².